The van der Waals surface area contributed by atoms with E-state index in [0.29, 0.717) is 0 Å². The van der Waals surface area contributed by atoms with Crippen molar-refractivity contribution in [1.29, 1.82) is 0 Å². The molecule has 0 aliphatic rings. The van der Waals surface area contributed by atoms with Crippen LogP contribution in [0.3, 0.4) is 0 Å². The highest BCUT2D eigenvalue weighted by Gasteiger charge is 2.15. The van der Waals surface area contributed by atoms with Crippen LogP contribution in [0.1, 0.15) is 0 Å². The lowest BCUT2D eigenvalue weighted by Crippen LogP contribution is -1.92. The third-order valence-corrected chi connectivity index (χ3v) is 6.30. The minimum atomic E-state index is 0.754. The number of nitrogens with two attached hydrogens (primary N) is 2. The smallest absolute Gasteiger partial charge is 0.0320 e. The number of anilines is 2. The standard InChI is InChI=1S/C30H22N2/c31-22-8-3-6-20(17-22)25-13-14-28-27-12-11-19-5-1-2-10-24(19)26(27)15-16-29(28)30(25)21-7-4-9-23(32)18-21/h1-18H,31-32H2. The normalized spacial score (nSPS) is 11.4. The lowest BCUT2D eigenvalue weighted by atomic mass is 9.87. The third-order valence-electron chi connectivity index (χ3n) is 6.30. The molecular weight excluding hydrogens is 388 g/mol. The average Bonchev–Trinajstić information content (AvgIpc) is 2.82. The van der Waals surface area contributed by atoms with E-state index >= 15 is 0 Å². The van der Waals surface area contributed by atoms with Gasteiger partial charge in [-0.2, -0.15) is 0 Å². The van der Waals surface area contributed by atoms with E-state index in [2.05, 4.69) is 78.9 Å². The molecule has 4 N–H and O–H groups in total. The van der Waals surface area contributed by atoms with E-state index in [9.17, 15) is 0 Å². The van der Waals surface area contributed by atoms with Crippen molar-refractivity contribution in [3.05, 3.63) is 109 Å². The summed E-state index contributed by atoms with van der Waals surface area (Å²) in [7, 11) is 0. The van der Waals surface area contributed by atoms with Crippen molar-refractivity contribution < 1.29 is 0 Å². The first kappa shape index (κ1) is 18.5. The molecule has 0 aliphatic carbocycles. The summed E-state index contributed by atoms with van der Waals surface area (Å²) in [4.78, 5) is 0. The molecule has 2 heteroatoms. The number of hydrogen-bond donors (Lipinski definition) is 2. The molecule has 0 aromatic heterocycles. The first-order chi connectivity index (χ1) is 15.7. The molecule has 0 heterocycles. The number of rotatable bonds is 2. The molecule has 0 fully saturated rings. The molecule has 0 radical (unpaired) electrons. The highest BCUT2D eigenvalue weighted by Crippen LogP contribution is 2.42. The molecule has 0 spiro atoms. The molecule has 0 aliphatic heterocycles. The summed E-state index contributed by atoms with van der Waals surface area (Å²) in [5.41, 5.74) is 18.4. The molecule has 152 valence electrons. The third kappa shape index (κ3) is 2.89. The Labute approximate surface area is 186 Å². The second-order valence-corrected chi connectivity index (χ2v) is 8.28. The summed E-state index contributed by atoms with van der Waals surface area (Å²) in [6.07, 6.45) is 0. The Kier molecular flexibility index (Phi) is 4.12. The lowest BCUT2D eigenvalue weighted by Gasteiger charge is -2.17. The van der Waals surface area contributed by atoms with E-state index in [0.717, 1.165) is 28.1 Å². The van der Waals surface area contributed by atoms with Crippen LogP contribution < -0.4 is 11.5 Å². The molecule has 0 amide bonds. The van der Waals surface area contributed by atoms with Crippen molar-refractivity contribution in [2.24, 2.45) is 0 Å². The molecule has 6 aromatic carbocycles. The van der Waals surface area contributed by atoms with Gasteiger partial charge in [0.1, 0.15) is 0 Å². The summed E-state index contributed by atoms with van der Waals surface area (Å²) in [5.74, 6) is 0. The summed E-state index contributed by atoms with van der Waals surface area (Å²) in [5, 5.41) is 7.50. The maximum atomic E-state index is 6.19. The Balaban J connectivity index is 1.75. The van der Waals surface area contributed by atoms with Crippen LogP contribution in [-0.4, -0.2) is 0 Å². The zero-order valence-electron chi connectivity index (χ0n) is 17.5. The number of hydrogen-bond acceptors (Lipinski definition) is 2. The Morgan fingerprint density at radius 2 is 1.00 bits per heavy atom. The van der Waals surface area contributed by atoms with E-state index < -0.39 is 0 Å². The highest BCUT2D eigenvalue weighted by atomic mass is 14.5. The van der Waals surface area contributed by atoms with Gasteiger partial charge in [0, 0.05) is 11.4 Å². The Morgan fingerprint density at radius 3 is 1.81 bits per heavy atom. The molecular formula is C30H22N2. The van der Waals surface area contributed by atoms with Crippen LogP contribution in [-0.2, 0) is 0 Å². The lowest BCUT2D eigenvalue weighted by molar-refractivity contribution is 1.60. The van der Waals surface area contributed by atoms with E-state index in [1.165, 1.54) is 37.9 Å². The van der Waals surface area contributed by atoms with Gasteiger partial charge in [-0.25, -0.2) is 0 Å². The van der Waals surface area contributed by atoms with Gasteiger partial charge in [0.15, 0.2) is 0 Å². The van der Waals surface area contributed by atoms with E-state index in [-0.39, 0.29) is 0 Å². The molecule has 0 unspecified atom stereocenters. The summed E-state index contributed by atoms with van der Waals surface area (Å²) >= 11 is 0. The van der Waals surface area contributed by atoms with Crippen molar-refractivity contribution in [2.45, 2.75) is 0 Å². The fourth-order valence-corrected chi connectivity index (χ4v) is 4.86. The maximum Gasteiger partial charge on any atom is 0.0320 e. The molecule has 0 atom stereocenters. The quantitative estimate of drug-likeness (QED) is 0.227. The minimum absolute atomic E-state index is 0.754. The molecule has 0 bridgehead atoms. The van der Waals surface area contributed by atoms with E-state index in [4.69, 9.17) is 11.5 Å². The van der Waals surface area contributed by atoms with Crippen LogP contribution in [0.5, 0.6) is 0 Å². The van der Waals surface area contributed by atoms with Gasteiger partial charge in [0.05, 0.1) is 0 Å². The van der Waals surface area contributed by atoms with Crippen molar-refractivity contribution >= 4 is 43.7 Å². The fourth-order valence-electron chi connectivity index (χ4n) is 4.86. The summed E-state index contributed by atoms with van der Waals surface area (Å²) < 4.78 is 0. The minimum Gasteiger partial charge on any atom is -0.399 e. The van der Waals surface area contributed by atoms with Gasteiger partial charge >= 0.3 is 0 Å². The van der Waals surface area contributed by atoms with Crippen LogP contribution >= 0.6 is 0 Å². The zero-order valence-corrected chi connectivity index (χ0v) is 17.5. The first-order valence-electron chi connectivity index (χ1n) is 10.8. The fraction of sp³-hybridized carbons (Fsp3) is 0. The number of nitrogen functional groups attached to an aromatic ring is 2. The van der Waals surface area contributed by atoms with Gasteiger partial charge < -0.3 is 11.5 Å². The van der Waals surface area contributed by atoms with E-state index in [1.807, 2.05) is 30.3 Å². The average molecular weight is 411 g/mol. The van der Waals surface area contributed by atoms with Gasteiger partial charge in [-0.05, 0) is 78.8 Å². The monoisotopic (exact) mass is 410 g/mol. The molecule has 32 heavy (non-hydrogen) atoms. The largest absolute Gasteiger partial charge is 0.399 e. The van der Waals surface area contributed by atoms with Gasteiger partial charge in [0.25, 0.3) is 0 Å². The topological polar surface area (TPSA) is 52.0 Å². The van der Waals surface area contributed by atoms with Gasteiger partial charge in [-0.1, -0.05) is 84.9 Å². The summed E-state index contributed by atoms with van der Waals surface area (Å²) in [6.45, 7) is 0. The van der Waals surface area contributed by atoms with E-state index in [1.54, 1.807) is 0 Å². The van der Waals surface area contributed by atoms with Gasteiger partial charge in [-0.3, -0.25) is 0 Å². The second kappa shape index (κ2) is 7.14. The molecule has 0 saturated carbocycles. The van der Waals surface area contributed by atoms with Crippen molar-refractivity contribution in [3.8, 4) is 22.3 Å². The highest BCUT2D eigenvalue weighted by molar-refractivity contribution is 6.20. The van der Waals surface area contributed by atoms with Crippen LogP contribution in [0.15, 0.2) is 109 Å². The van der Waals surface area contributed by atoms with Crippen LogP contribution in [0.4, 0.5) is 11.4 Å². The van der Waals surface area contributed by atoms with Crippen LogP contribution in [0, 0.1) is 0 Å². The first-order valence-corrected chi connectivity index (χ1v) is 10.8. The Hall–Kier alpha value is -4.30. The Morgan fingerprint density at radius 1 is 0.406 bits per heavy atom. The molecule has 2 nitrogen and oxygen atoms in total. The second-order valence-electron chi connectivity index (χ2n) is 8.28. The predicted molar refractivity (Wildman–Crippen MR) is 139 cm³/mol. The number of benzene rings is 6. The predicted octanol–water partition coefficient (Wildman–Crippen LogP) is 7.64. The molecule has 6 aromatic rings. The van der Waals surface area contributed by atoms with Crippen molar-refractivity contribution in [2.75, 3.05) is 11.5 Å². The maximum absolute atomic E-state index is 6.19. The SMILES string of the molecule is Nc1cccc(-c2ccc3c(ccc4c5ccccc5ccc34)c2-c2cccc(N)c2)c1. The molecule has 6 rings (SSSR count). The molecule has 0 saturated heterocycles. The summed E-state index contributed by atoms with van der Waals surface area (Å²) in [6, 6.07) is 38.1. The van der Waals surface area contributed by atoms with Crippen LogP contribution in [0.2, 0.25) is 0 Å². The Bertz CT molecular complexity index is 1650. The zero-order chi connectivity index (χ0) is 21.7. The van der Waals surface area contributed by atoms with Gasteiger partial charge in [-0.15, -0.1) is 0 Å². The number of fused-ring (bicyclic) bond motifs is 5. The van der Waals surface area contributed by atoms with Gasteiger partial charge in [0.2, 0.25) is 0 Å². The van der Waals surface area contributed by atoms with Crippen molar-refractivity contribution in [1.82, 2.24) is 0 Å². The van der Waals surface area contributed by atoms with Crippen LogP contribution in [0.25, 0.3) is 54.6 Å². The van der Waals surface area contributed by atoms with Crippen molar-refractivity contribution in [3.63, 3.8) is 0 Å².